The number of carbonyl (C=O) groups is 1. The van der Waals surface area contributed by atoms with Gasteiger partial charge in [0.2, 0.25) is 5.28 Å². The minimum absolute atomic E-state index is 0.0101. The number of aromatic nitrogens is 6. The van der Waals surface area contributed by atoms with Crippen LogP contribution < -0.4 is 4.90 Å². The van der Waals surface area contributed by atoms with E-state index in [-0.39, 0.29) is 11.0 Å². The van der Waals surface area contributed by atoms with E-state index >= 15 is 0 Å². The van der Waals surface area contributed by atoms with Gasteiger partial charge < -0.3 is 9.64 Å². The number of tetrazole rings is 1. The van der Waals surface area contributed by atoms with Crippen LogP contribution in [-0.2, 0) is 16.8 Å². The van der Waals surface area contributed by atoms with Crippen molar-refractivity contribution in [2.75, 3.05) is 18.6 Å². The van der Waals surface area contributed by atoms with Crippen molar-refractivity contribution in [3.63, 3.8) is 0 Å². The minimum Gasteiger partial charge on any atom is -0.464 e. The quantitative estimate of drug-likeness (QED) is 0.0709. The Morgan fingerprint density at radius 2 is 1.31 bits per heavy atom. The second kappa shape index (κ2) is 15.4. The van der Waals surface area contributed by atoms with E-state index in [0.717, 1.165) is 45.4 Å². The summed E-state index contributed by atoms with van der Waals surface area (Å²) in [6.07, 6.45) is 0.867. The SMILES string of the molecule is CCCN(Cc1ccc(-c2ccccc2-c2nnnn2C(c2ccccc2)(c2ccccc2)c2ccccc2)cc1)c1cc(C(=O)OC)nc(Cl)n1. The molecule has 0 atom stereocenters. The molecule has 7 aromatic rings. The lowest BCUT2D eigenvalue weighted by molar-refractivity contribution is 0.0594. The zero-order chi connectivity index (χ0) is 35.9. The Balaban J connectivity index is 1.30. The molecular weight excluding hydrogens is 670 g/mol. The van der Waals surface area contributed by atoms with E-state index in [2.05, 4.69) is 136 Å². The molecule has 0 fully saturated rings. The fourth-order valence-corrected chi connectivity index (χ4v) is 6.92. The summed E-state index contributed by atoms with van der Waals surface area (Å²) in [5.74, 6) is 0.624. The van der Waals surface area contributed by atoms with Gasteiger partial charge in [-0.15, -0.1) is 5.10 Å². The normalized spacial score (nSPS) is 11.3. The lowest BCUT2D eigenvalue weighted by Gasteiger charge is -2.36. The van der Waals surface area contributed by atoms with Gasteiger partial charge in [-0.1, -0.05) is 146 Å². The third-order valence-electron chi connectivity index (χ3n) is 9.07. The van der Waals surface area contributed by atoms with Crippen LogP contribution in [0.25, 0.3) is 22.5 Å². The Morgan fingerprint density at radius 3 is 1.87 bits per heavy atom. The Hall–Kier alpha value is -6.19. The number of nitrogens with zero attached hydrogens (tertiary/aromatic N) is 7. The predicted octanol–water partition coefficient (Wildman–Crippen LogP) is 8.49. The third kappa shape index (κ3) is 6.66. The Bertz CT molecular complexity index is 2170. The van der Waals surface area contributed by atoms with Crippen molar-refractivity contribution in [2.45, 2.75) is 25.4 Å². The molecule has 9 nitrogen and oxygen atoms in total. The zero-order valence-electron chi connectivity index (χ0n) is 28.8. The van der Waals surface area contributed by atoms with Gasteiger partial charge in [0.15, 0.2) is 11.5 Å². The van der Waals surface area contributed by atoms with Gasteiger partial charge in [0.1, 0.15) is 11.4 Å². The molecule has 10 heteroatoms. The standard InChI is InChI=1S/C42H36ClN7O2/c1-3-27-49(38-28-37(40(51)52-2)44-41(43)45-38)29-30-23-25-31(26-24-30)35-21-13-14-22-36(35)39-46-47-48-50(39)42(32-15-7-4-8-16-32,33-17-9-5-10-18-33)34-19-11-6-12-20-34/h4-26,28H,3,27,29H2,1-2H3. The van der Waals surface area contributed by atoms with E-state index in [1.807, 2.05) is 35.0 Å². The summed E-state index contributed by atoms with van der Waals surface area (Å²) in [5.41, 5.74) is 6.29. The first-order valence-electron chi connectivity index (χ1n) is 17.0. The van der Waals surface area contributed by atoms with Crippen molar-refractivity contribution < 1.29 is 9.53 Å². The highest BCUT2D eigenvalue weighted by atomic mass is 35.5. The van der Waals surface area contributed by atoms with Gasteiger partial charge >= 0.3 is 5.97 Å². The number of esters is 1. The Labute approximate surface area is 307 Å². The second-order valence-electron chi connectivity index (χ2n) is 12.3. The summed E-state index contributed by atoms with van der Waals surface area (Å²) in [6.45, 7) is 3.34. The van der Waals surface area contributed by atoms with Crippen LogP contribution in [0.1, 0.15) is 46.1 Å². The van der Waals surface area contributed by atoms with Crippen LogP contribution in [0.15, 0.2) is 146 Å². The van der Waals surface area contributed by atoms with Crippen LogP contribution in [0.5, 0.6) is 0 Å². The van der Waals surface area contributed by atoms with Crippen LogP contribution in [-0.4, -0.2) is 49.8 Å². The second-order valence-corrected chi connectivity index (χ2v) is 12.6. The summed E-state index contributed by atoms with van der Waals surface area (Å²) in [4.78, 5) is 22.8. The number of hydrogen-bond donors (Lipinski definition) is 0. The highest BCUT2D eigenvalue weighted by Crippen LogP contribution is 2.43. The summed E-state index contributed by atoms with van der Waals surface area (Å²) in [7, 11) is 1.31. The maximum absolute atomic E-state index is 12.2. The average molecular weight is 706 g/mol. The molecule has 0 saturated carbocycles. The number of anilines is 1. The lowest BCUT2D eigenvalue weighted by atomic mass is 9.77. The van der Waals surface area contributed by atoms with Gasteiger partial charge in [0.05, 0.1) is 7.11 Å². The highest BCUT2D eigenvalue weighted by molar-refractivity contribution is 6.28. The topological polar surface area (TPSA) is 98.9 Å². The summed E-state index contributed by atoms with van der Waals surface area (Å²) in [6, 6.07) is 49.4. The van der Waals surface area contributed by atoms with Crippen LogP contribution in [0.3, 0.4) is 0 Å². The first-order valence-corrected chi connectivity index (χ1v) is 17.4. The number of methoxy groups -OCH3 is 1. The molecule has 0 spiro atoms. The summed E-state index contributed by atoms with van der Waals surface area (Å²) in [5, 5.41) is 13.7. The predicted molar refractivity (Wildman–Crippen MR) is 203 cm³/mol. The maximum Gasteiger partial charge on any atom is 0.356 e. The number of hydrogen-bond acceptors (Lipinski definition) is 8. The molecule has 0 aliphatic carbocycles. The molecule has 0 radical (unpaired) electrons. The molecule has 0 unspecified atom stereocenters. The van der Waals surface area contributed by atoms with Crippen LogP contribution in [0.2, 0.25) is 5.28 Å². The van der Waals surface area contributed by atoms with E-state index in [4.69, 9.17) is 26.6 Å². The van der Waals surface area contributed by atoms with Gasteiger partial charge in [-0.05, 0) is 61.8 Å². The lowest BCUT2D eigenvalue weighted by Crippen LogP contribution is -2.39. The largest absolute Gasteiger partial charge is 0.464 e. The fraction of sp³-hybridized carbons (Fsp3) is 0.143. The first kappa shape index (κ1) is 34.3. The van der Waals surface area contributed by atoms with Crippen LogP contribution in [0, 0.1) is 0 Å². The summed E-state index contributed by atoms with van der Waals surface area (Å²) < 4.78 is 6.83. The number of ether oxygens (including phenoxy) is 1. The molecule has 0 N–H and O–H groups in total. The molecule has 0 amide bonds. The molecule has 2 aromatic heterocycles. The molecule has 0 aliphatic rings. The minimum atomic E-state index is -0.875. The average Bonchev–Trinajstić information content (AvgIpc) is 3.69. The van der Waals surface area contributed by atoms with Crippen molar-refractivity contribution in [2.24, 2.45) is 0 Å². The van der Waals surface area contributed by atoms with Gasteiger partial charge in [0.25, 0.3) is 0 Å². The highest BCUT2D eigenvalue weighted by Gasteiger charge is 2.42. The van der Waals surface area contributed by atoms with Crippen LogP contribution in [0.4, 0.5) is 5.82 Å². The van der Waals surface area contributed by atoms with E-state index in [9.17, 15) is 4.79 Å². The van der Waals surface area contributed by atoms with Gasteiger partial charge in [0, 0.05) is 24.7 Å². The molecule has 0 bridgehead atoms. The summed E-state index contributed by atoms with van der Waals surface area (Å²) >= 11 is 6.22. The van der Waals surface area contributed by atoms with E-state index in [0.29, 0.717) is 24.7 Å². The van der Waals surface area contributed by atoms with Gasteiger partial charge in [-0.3, -0.25) is 0 Å². The first-order chi connectivity index (χ1) is 25.5. The molecule has 258 valence electrons. The number of carbonyl (C=O) groups excluding carboxylic acids is 1. The number of rotatable bonds is 12. The molecular formula is C42H36ClN7O2. The Kier molecular flexibility index (Phi) is 10.1. The molecule has 5 aromatic carbocycles. The van der Waals surface area contributed by atoms with Crippen LogP contribution >= 0.6 is 11.6 Å². The molecule has 2 heterocycles. The molecule has 0 aliphatic heterocycles. The molecule has 0 saturated heterocycles. The Morgan fingerprint density at radius 1 is 0.750 bits per heavy atom. The smallest absolute Gasteiger partial charge is 0.356 e. The van der Waals surface area contributed by atoms with Crippen molar-refractivity contribution in [3.8, 4) is 22.5 Å². The fourth-order valence-electron chi connectivity index (χ4n) is 6.75. The van der Waals surface area contributed by atoms with Crippen molar-refractivity contribution >= 4 is 23.4 Å². The van der Waals surface area contributed by atoms with Gasteiger partial charge in [-0.2, -0.15) is 0 Å². The maximum atomic E-state index is 12.2. The molecule has 52 heavy (non-hydrogen) atoms. The van der Waals surface area contributed by atoms with Crippen molar-refractivity contribution in [3.05, 3.63) is 179 Å². The van der Waals surface area contributed by atoms with Crippen molar-refractivity contribution in [1.29, 1.82) is 0 Å². The monoisotopic (exact) mass is 705 g/mol. The van der Waals surface area contributed by atoms with E-state index in [1.54, 1.807) is 6.07 Å². The molecule has 7 rings (SSSR count). The number of benzene rings is 5. The van der Waals surface area contributed by atoms with Crippen molar-refractivity contribution in [1.82, 2.24) is 30.2 Å². The zero-order valence-corrected chi connectivity index (χ0v) is 29.6. The van der Waals surface area contributed by atoms with Gasteiger partial charge in [-0.25, -0.2) is 19.4 Å². The van der Waals surface area contributed by atoms with E-state index in [1.165, 1.54) is 7.11 Å². The third-order valence-corrected chi connectivity index (χ3v) is 9.23. The van der Waals surface area contributed by atoms with E-state index < -0.39 is 11.5 Å². The number of halogens is 1.